The van der Waals surface area contributed by atoms with E-state index in [-0.39, 0.29) is 11.5 Å². The Labute approximate surface area is 118 Å². The Hall–Kier alpha value is -1.23. The van der Waals surface area contributed by atoms with Gasteiger partial charge in [-0.1, -0.05) is 44.2 Å². The van der Waals surface area contributed by atoms with Crippen molar-refractivity contribution in [2.45, 2.75) is 38.6 Å². The molecule has 19 heavy (non-hydrogen) atoms. The summed E-state index contributed by atoms with van der Waals surface area (Å²) in [6, 6.07) is 10.6. The molecule has 0 bridgehead atoms. The smallest absolute Gasteiger partial charge is 0.0944 e. The minimum absolute atomic E-state index is 0.0460. The number of benzene rings is 1. The van der Waals surface area contributed by atoms with Gasteiger partial charge in [0.1, 0.15) is 0 Å². The molecular weight excluding hydrogens is 254 g/mol. The first-order valence-corrected chi connectivity index (χ1v) is 7.34. The van der Waals surface area contributed by atoms with Crippen LogP contribution in [0.15, 0.2) is 35.7 Å². The summed E-state index contributed by atoms with van der Waals surface area (Å²) in [6.45, 7) is 6.45. The van der Waals surface area contributed by atoms with Crippen molar-refractivity contribution in [2.75, 3.05) is 0 Å². The highest BCUT2D eigenvalue weighted by Gasteiger charge is 2.31. The van der Waals surface area contributed by atoms with Crippen LogP contribution in [0.3, 0.4) is 0 Å². The number of aryl methyl sites for hydroxylation is 1. The molecular formula is C15H21N3S. The summed E-state index contributed by atoms with van der Waals surface area (Å²) in [6.07, 6.45) is 0.844. The van der Waals surface area contributed by atoms with E-state index in [0.717, 1.165) is 17.1 Å². The molecule has 2 rings (SSSR count). The molecule has 1 aromatic carbocycles. The van der Waals surface area contributed by atoms with Crippen molar-refractivity contribution in [3.8, 4) is 0 Å². The predicted molar refractivity (Wildman–Crippen MR) is 81.1 cm³/mol. The van der Waals surface area contributed by atoms with Crippen LogP contribution < -0.4 is 11.3 Å². The fourth-order valence-corrected chi connectivity index (χ4v) is 3.08. The zero-order valence-electron chi connectivity index (χ0n) is 11.7. The normalized spacial score (nSPS) is 13.5. The van der Waals surface area contributed by atoms with E-state index in [1.165, 1.54) is 5.56 Å². The maximum absolute atomic E-state index is 5.78. The van der Waals surface area contributed by atoms with Crippen LogP contribution in [0, 0.1) is 6.92 Å². The number of hydrogen-bond donors (Lipinski definition) is 2. The Balaban J connectivity index is 2.21. The van der Waals surface area contributed by atoms with Crippen molar-refractivity contribution in [2.24, 2.45) is 5.84 Å². The van der Waals surface area contributed by atoms with Crippen molar-refractivity contribution >= 4 is 11.3 Å². The van der Waals surface area contributed by atoms with Gasteiger partial charge < -0.3 is 0 Å². The molecule has 3 nitrogen and oxygen atoms in total. The van der Waals surface area contributed by atoms with Gasteiger partial charge >= 0.3 is 0 Å². The third-order valence-corrected chi connectivity index (χ3v) is 4.62. The number of nitrogens with two attached hydrogens (primary N) is 1. The Morgan fingerprint density at radius 2 is 2.00 bits per heavy atom. The average Bonchev–Trinajstić information content (AvgIpc) is 2.82. The molecule has 0 aliphatic rings. The average molecular weight is 275 g/mol. The summed E-state index contributed by atoms with van der Waals surface area (Å²) in [5.74, 6) is 5.78. The minimum Gasteiger partial charge on any atom is -0.271 e. The van der Waals surface area contributed by atoms with Crippen molar-refractivity contribution in [3.05, 3.63) is 52.0 Å². The molecule has 0 aliphatic carbocycles. The first-order chi connectivity index (χ1) is 9.04. The number of nitrogens with zero attached hydrogens (tertiary/aromatic N) is 1. The van der Waals surface area contributed by atoms with Crippen LogP contribution in [-0.4, -0.2) is 11.0 Å². The van der Waals surface area contributed by atoms with E-state index in [4.69, 9.17) is 5.84 Å². The van der Waals surface area contributed by atoms with Gasteiger partial charge in [-0.15, -0.1) is 11.3 Å². The Morgan fingerprint density at radius 3 is 2.53 bits per heavy atom. The molecule has 0 fully saturated rings. The van der Waals surface area contributed by atoms with E-state index >= 15 is 0 Å². The highest BCUT2D eigenvalue weighted by atomic mass is 32.1. The van der Waals surface area contributed by atoms with E-state index in [1.54, 1.807) is 11.3 Å². The molecule has 102 valence electrons. The summed E-state index contributed by atoms with van der Waals surface area (Å²) >= 11 is 1.70. The minimum atomic E-state index is -0.0460. The van der Waals surface area contributed by atoms with Crippen LogP contribution in [0.25, 0.3) is 0 Å². The Kier molecular flexibility index (Phi) is 4.34. The van der Waals surface area contributed by atoms with Crippen LogP contribution in [-0.2, 0) is 11.8 Å². The van der Waals surface area contributed by atoms with Gasteiger partial charge in [0.05, 0.1) is 5.01 Å². The van der Waals surface area contributed by atoms with Crippen LogP contribution in [0.5, 0.6) is 0 Å². The molecule has 1 aromatic heterocycles. The van der Waals surface area contributed by atoms with Gasteiger partial charge in [0, 0.05) is 29.0 Å². The van der Waals surface area contributed by atoms with Gasteiger partial charge in [-0.3, -0.25) is 11.3 Å². The standard InChI is InChI=1S/C15H21N3S/c1-11-10-19-14(17-11)9-13(18-16)15(2,3)12-7-5-4-6-8-12/h4-8,10,13,18H,9,16H2,1-3H3. The monoisotopic (exact) mass is 275 g/mol. The first-order valence-electron chi connectivity index (χ1n) is 6.46. The molecule has 0 saturated carbocycles. The van der Waals surface area contributed by atoms with Crippen molar-refractivity contribution in [1.29, 1.82) is 0 Å². The highest BCUT2D eigenvalue weighted by Crippen LogP contribution is 2.29. The third-order valence-electron chi connectivity index (χ3n) is 3.64. The molecule has 0 spiro atoms. The maximum atomic E-state index is 5.78. The van der Waals surface area contributed by atoms with Gasteiger partial charge in [-0.2, -0.15) is 0 Å². The molecule has 1 heterocycles. The predicted octanol–water partition coefficient (Wildman–Crippen LogP) is 2.80. The van der Waals surface area contributed by atoms with E-state index in [2.05, 4.69) is 53.9 Å². The first kappa shape index (κ1) is 14.2. The van der Waals surface area contributed by atoms with E-state index < -0.39 is 0 Å². The number of nitrogens with one attached hydrogen (secondary N) is 1. The van der Waals surface area contributed by atoms with Crippen LogP contribution >= 0.6 is 11.3 Å². The highest BCUT2D eigenvalue weighted by molar-refractivity contribution is 7.09. The van der Waals surface area contributed by atoms with E-state index in [1.807, 2.05) is 13.0 Å². The quantitative estimate of drug-likeness (QED) is 0.651. The molecule has 0 amide bonds. The zero-order valence-corrected chi connectivity index (χ0v) is 12.5. The Morgan fingerprint density at radius 1 is 1.32 bits per heavy atom. The Bertz CT molecular complexity index is 519. The number of rotatable bonds is 5. The molecule has 0 radical (unpaired) electrons. The number of hydrazine groups is 1. The molecule has 1 unspecified atom stereocenters. The van der Waals surface area contributed by atoms with E-state index in [0.29, 0.717) is 0 Å². The van der Waals surface area contributed by atoms with Crippen molar-refractivity contribution < 1.29 is 0 Å². The SMILES string of the molecule is Cc1csc(CC(NN)C(C)(C)c2ccccc2)n1. The molecule has 0 aliphatic heterocycles. The molecule has 4 heteroatoms. The molecule has 0 saturated heterocycles. The maximum Gasteiger partial charge on any atom is 0.0944 e. The fraction of sp³-hybridized carbons (Fsp3) is 0.400. The lowest BCUT2D eigenvalue weighted by Crippen LogP contribution is -2.49. The van der Waals surface area contributed by atoms with Gasteiger partial charge in [0.25, 0.3) is 0 Å². The summed E-state index contributed by atoms with van der Waals surface area (Å²) in [5, 5.41) is 3.21. The lowest BCUT2D eigenvalue weighted by Gasteiger charge is -2.34. The second-order valence-corrected chi connectivity index (χ2v) is 6.34. The third kappa shape index (κ3) is 3.21. The second kappa shape index (κ2) is 5.82. The number of aromatic nitrogens is 1. The van der Waals surface area contributed by atoms with Crippen LogP contribution in [0.1, 0.15) is 30.1 Å². The van der Waals surface area contributed by atoms with Crippen LogP contribution in [0.4, 0.5) is 0 Å². The van der Waals surface area contributed by atoms with E-state index in [9.17, 15) is 0 Å². The molecule has 3 N–H and O–H groups in total. The summed E-state index contributed by atoms with van der Waals surface area (Å²) in [7, 11) is 0. The van der Waals surface area contributed by atoms with Gasteiger partial charge in [0.2, 0.25) is 0 Å². The summed E-state index contributed by atoms with van der Waals surface area (Å²) < 4.78 is 0. The van der Waals surface area contributed by atoms with Gasteiger partial charge in [-0.05, 0) is 12.5 Å². The number of hydrogen-bond acceptors (Lipinski definition) is 4. The topological polar surface area (TPSA) is 50.9 Å². The summed E-state index contributed by atoms with van der Waals surface area (Å²) in [4.78, 5) is 4.53. The largest absolute Gasteiger partial charge is 0.271 e. The fourth-order valence-electron chi connectivity index (χ4n) is 2.26. The van der Waals surface area contributed by atoms with Crippen LogP contribution in [0.2, 0.25) is 0 Å². The lowest BCUT2D eigenvalue weighted by molar-refractivity contribution is 0.341. The second-order valence-electron chi connectivity index (χ2n) is 5.39. The van der Waals surface area contributed by atoms with Crippen molar-refractivity contribution in [3.63, 3.8) is 0 Å². The number of thiazole rings is 1. The lowest BCUT2D eigenvalue weighted by atomic mass is 9.77. The zero-order chi connectivity index (χ0) is 13.9. The molecule has 1 atom stereocenters. The molecule has 2 aromatic rings. The van der Waals surface area contributed by atoms with Crippen molar-refractivity contribution in [1.82, 2.24) is 10.4 Å². The van der Waals surface area contributed by atoms with Gasteiger partial charge in [-0.25, -0.2) is 4.98 Å². The van der Waals surface area contributed by atoms with Gasteiger partial charge in [0.15, 0.2) is 0 Å². The summed E-state index contributed by atoms with van der Waals surface area (Å²) in [5.41, 5.74) is 5.28.